The predicted octanol–water partition coefficient (Wildman–Crippen LogP) is -0.200. The maximum absolute atomic E-state index is 10.3. The van der Waals surface area contributed by atoms with Crippen LogP contribution < -0.4 is 4.74 Å². The van der Waals surface area contributed by atoms with Crippen LogP contribution in [0, 0.1) is 0 Å². The lowest BCUT2D eigenvalue weighted by molar-refractivity contribution is -0.293. The summed E-state index contributed by atoms with van der Waals surface area (Å²) >= 11 is 0. The van der Waals surface area contributed by atoms with Gasteiger partial charge in [0, 0.05) is 17.7 Å². The Morgan fingerprint density at radius 1 is 0.844 bits per heavy atom. The van der Waals surface area contributed by atoms with E-state index in [4.69, 9.17) is 14.2 Å². The van der Waals surface area contributed by atoms with Crippen molar-refractivity contribution in [3.8, 4) is 28.7 Å². The van der Waals surface area contributed by atoms with E-state index in [9.17, 15) is 40.9 Å². The lowest BCUT2D eigenvalue weighted by Crippen LogP contribution is -2.59. The predicted molar refractivity (Wildman–Crippen MR) is 106 cm³/mol. The number of hydrogen-bond acceptors (Lipinski definition) is 11. The molecule has 32 heavy (non-hydrogen) atoms. The summed E-state index contributed by atoms with van der Waals surface area (Å²) in [4.78, 5) is 0. The molecule has 4 rings (SSSR count). The number of benzene rings is 2. The molecule has 172 valence electrons. The Kier molecular flexibility index (Phi) is 5.75. The minimum Gasteiger partial charge on any atom is -0.508 e. The molecule has 2 aromatic rings. The second-order valence-corrected chi connectivity index (χ2v) is 7.48. The van der Waals surface area contributed by atoms with Gasteiger partial charge >= 0.3 is 0 Å². The molecule has 0 bridgehead atoms. The average molecular weight is 450 g/mol. The highest BCUT2D eigenvalue weighted by Gasteiger charge is 2.46. The lowest BCUT2D eigenvalue weighted by atomic mass is 9.98. The van der Waals surface area contributed by atoms with Crippen LogP contribution in [0.15, 0.2) is 36.1 Å². The van der Waals surface area contributed by atoms with E-state index in [0.717, 1.165) is 6.07 Å². The van der Waals surface area contributed by atoms with E-state index in [2.05, 4.69) is 0 Å². The first-order valence-electron chi connectivity index (χ1n) is 9.63. The second-order valence-electron chi connectivity index (χ2n) is 7.48. The first kappa shape index (κ1) is 22.0. The maximum Gasteiger partial charge on any atom is 0.228 e. The molecule has 0 spiro atoms. The molecule has 2 aliphatic heterocycles. The van der Waals surface area contributed by atoms with E-state index in [-0.39, 0.29) is 34.3 Å². The zero-order valence-electron chi connectivity index (χ0n) is 16.4. The van der Waals surface area contributed by atoms with Gasteiger partial charge < -0.3 is 55.1 Å². The topological polar surface area (TPSA) is 190 Å². The first-order chi connectivity index (χ1) is 15.2. The van der Waals surface area contributed by atoms with Gasteiger partial charge in [-0.05, 0) is 18.2 Å². The van der Waals surface area contributed by atoms with Crippen molar-refractivity contribution in [1.29, 1.82) is 0 Å². The van der Waals surface area contributed by atoms with Gasteiger partial charge in [0.2, 0.25) is 6.29 Å². The normalized spacial score (nSPS) is 29.6. The molecule has 3 unspecified atom stereocenters. The molecule has 0 saturated carbocycles. The van der Waals surface area contributed by atoms with Gasteiger partial charge in [0.25, 0.3) is 0 Å². The summed E-state index contributed by atoms with van der Waals surface area (Å²) in [5.74, 6) is -1.36. The summed E-state index contributed by atoms with van der Waals surface area (Å²) in [5, 5.41) is 79.2. The van der Waals surface area contributed by atoms with Crippen LogP contribution in [0.1, 0.15) is 17.2 Å². The van der Waals surface area contributed by atoms with Crippen LogP contribution in [-0.4, -0.2) is 78.2 Å². The molecule has 2 heterocycles. The van der Waals surface area contributed by atoms with Crippen molar-refractivity contribution in [3.05, 3.63) is 47.2 Å². The average Bonchev–Trinajstić information content (AvgIpc) is 2.76. The van der Waals surface area contributed by atoms with Crippen LogP contribution in [0.4, 0.5) is 0 Å². The molecule has 0 radical (unpaired) electrons. The Balaban J connectivity index is 1.74. The molecule has 2 aromatic carbocycles. The standard InChI is InChI=1S/C21H22O11/c22-7-16-17(27)18(28)19(29)21(32-16)31-15-6-10-12(25)4-9(23)5-14(10)30-20(15)8-1-2-11(24)13(26)3-8/h1-6,16-29H,7H2/t16-,17?,18-,19-,20?,21?/m1/s1. The zero-order chi connectivity index (χ0) is 23.2. The fraction of sp³-hybridized carbons (Fsp3) is 0.333. The number of hydrogen-bond donors (Lipinski definition) is 8. The van der Waals surface area contributed by atoms with Crippen LogP contribution in [0.3, 0.4) is 0 Å². The van der Waals surface area contributed by atoms with E-state index < -0.39 is 49.2 Å². The minimum atomic E-state index is -1.70. The van der Waals surface area contributed by atoms with Gasteiger partial charge in [0.05, 0.1) is 12.2 Å². The Labute approximate surface area is 181 Å². The van der Waals surface area contributed by atoms with Gasteiger partial charge in [-0.15, -0.1) is 0 Å². The second kappa shape index (κ2) is 8.37. The molecule has 8 N–H and O–H groups in total. The molecule has 1 fully saturated rings. The van der Waals surface area contributed by atoms with Crippen LogP contribution in [0.5, 0.6) is 28.7 Å². The molecule has 2 aliphatic rings. The van der Waals surface area contributed by atoms with Gasteiger partial charge in [-0.1, -0.05) is 6.07 Å². The molecular formula is C21H22O11. The number of fused-ring (bicyclic) bond motifs is 1. The number of ether oxygens (including phenoxy) is 3. The monoisotopic (exact) mass is 450 g/mol. The van der Waals surface area contributed by atoms with Crippen molar-refractivity contribution >= 4 is 6.08 Å². The van der Waals surface area contributed by atoms with Crippen molar-refractivity contribution in [2.45, 2.75) is 36.8 Å². The summed E-state index contributed by atoms with van der Waals surface area (Å²) in [7, 11) is 0. The Morgan fingerprint density at radius 3 is 2.28 bits per heavy atom. The largest absolute Gasteiger partial charge is 0.508 e. The summed E-state index contributed by atoms with van der Waals surface area (Å²) in [6.07, 6.45) is -7.44. The van der Waals surface area contributed by atoms with Crippen LogP contribution >= 0.6 is 0 Å². The third kappa shape index (κ3) is 3.87. The van der Waals surface area contributed by atoms with Crippen LogP contribution in [0.25, 0.3) is 6.08 Å². The number of aliphatic hydroxyl groups is 4. The van der Waals surface area contributed by atoms with Crippen molar-refractivity contribution in [2.75, 3.05) is 6.61 Å². The highest BCUT2D eigenvalue weighted by molar-refractivity contribution is 5.69. The highest BCUT2D eigenvalue weighted by Crippen LogP contribution is 2.45. The van der Waals surface area contributed by atoms with Gasteiger partial charge in [0.1, 0.15) is 47.4 Å². The van der Waals surface area contributed by atoms with Crippen molar-refractivity contribution in [2.24, 2.45) is 0 Å². The van der Waals surface area contributed by atoms with Crippen molar-refractivity contribution in [1.82, 2.24) is 0 Å². The number of rotatable bonds is 4. The van der Waals surface area contributed by atoms with Gasteiger partial charge in [-0.3, -0.25) is 0 Å². The molecule has 0 aromatic heterocycles. The molecule has 1 saturated heterocycles. The quantitative estimate of drug-likeness (QED) is 0.288. The van der Waals surface area contributed by atoms with E-state index in [1.54, 1.807) is 0 Å². The summed E-state index contributed by atoms with van der Waals surface area (Å²) in [5.41, 5.74) is 0.436. The fourth-order valence-corrected chi connectivity index (χ4v) is 3.57. The van der Waals surface area contributed by atoms with E-state index in [0.29, 0.717) is 5.56 Å². The Hall–Kier alpha value is -3.22. The SMILES string of the molecule is OC[C@H]1OC(OC2=Cc3c(O)cc(O)cc3OC2c2ccc(O)c(O)c2)[C@H](O)[C@H](O)C1O. The Bertz CT molecular complexity index is 1030. The van der Waals surface area contributed by atoms with Crippen molar-refractivity contribution < 1.29 is 55.1 Å². The number of aliphatic hydroxyl groups excluding tert-OH is 4. The molecule has 0 aliphatic carbocycles. The third-order valence-corrected chi connectivity index (χ3v) is 5.30. The zero-order valence-corrected chi connectivity index (χ0v) is 16.4. The van der Waals surface area contributed by atoms with Gasteiger partial charge in [0.15, 0.2) is 17.6 Å². The number of aromatic hydroxyl groups is 4. The summed E-state index contributed by atoms with van der Waals surface area (Å²) in [6, 6.07) is 6.19. The third-order valence-electron chi connectivity index (χ3n) is 5.30. The number of phenols is 4. The maximum atomic E-state index is 10.3. The van der Waals surface area contributed by atoms with Crippen LogP contribution in [-0.2, 0) is 9.47 Å². The first-order valence-corrected chi connectivity index (χ1v) is 9.63. The number of phenolic OH excluding ortho intramolecular Hbond substituents is 4. The smallest absolute Gasteiger partial charge is 0.228 e. The van der Waals surface area contributed by atoms with E-state index in [1.807, 2.05) is 0 Å². The Morgan fingerprint density at radius 2 is 1.59 bits per heavy atom. The van der Waals surface area contributed by atoms with Crippen LogP contribution in [0.2, 0.25) is 0 Å². The lowest BCUT2D eigenvalue weighted by Gasteiger charge is -2.41. The fourth-order valence-electron chi connectivity index (χ4n) is 3.57. The molecule has 11 nitrogen and oxygen atoms in total. The van der Waals surface area contributed by atoms with Gasteiger partial charge in [-0.25, -0.2) is 0 Å². The van der Waals surface area contributed by atoms with E-state index in [1.165, 1.54) is 30.3 Å². The molecule has 0 amide bonds. The molecule has 11 heteroatoms. The summed E-state index contributed by atoms with van der Waals surface area (Å²) in [6.45, 7) is -0.654. The molecule has 6 atom stereocenters. The summed E-state index contributed by atoms with van der Waals surface area (Å²) < 4.78 is 17.0. The van der Waals surface area contributed by atoms with Gasteiger partial charge in [-0.2, -0.15) is 0 Å². The highest BCUT2D eigenvalue weighted by atomic mass is 16.7. The minimum absolute atomic E-state index is 0.0343. The van der Waals surface area contributed by atoms with Crippen molar-refractivity contribution in [3.63, 3.8) is 0 Å². The van der Waals surface area contributed by atoms with E-state index >= 15 is 0 Å². The molecular weight excluding hydrogens is 428 g/mol.